The van der Waals surface area contributed by atoms with Gasteiger partial charge in [-0.2, -0.15) is 0 Å². The summed E-state index contributed by atoms with van der Waals surface area (Å²) in [5, 5.41) is 3.83. The maximum atomic E-state index is 12.1. The third-order valence-corrected chi connectivity index (χ3v) is 3.83. The van der Waals surface area contributed by atoms with Crippen molar-refractivity contribution in [1.29, 1.82) is 0 Å². The number of nitrogens with zero attached hydrogens (tertiary/aromatic N) is 1. The Morgan fingerprint density at radius 1 is 1.59 bits per heavy atom. The molecule has 1 N–H and O–H groups in total. The Hall–Kier alpha value is -0.330. The predicted molar refractivity (Wildman–Crippen MR) is 78.6 cm³/mol. The molecule has 1 unspecified atom stereocenters. The first-order valence-electron chi connectivity index (χ1n) is 5.63. The number of hydrogen-bond acceptors (Lipinski definition) is 2. The quantitative estimate of drug-likeness (QED) is 0.837. The highest BCUT2D eigenvalue weighted by Crippen LogP contribution is 2.30. The Kier molecular flexibility index (Phi) is 4.27. The van der Waals surface area contributed by atoms with Crippen LogP contribution < -0.4 is 10.2 Å². The first-order valence-corrected chi connectivity index (χ1v) is 7.09. The molecule has 1 fully saturated rings. The van der Waals surface area contributed by atoms with Crippen LogP contribution in [0.5, 0.6) is 0 Å². The lowest BCUT2D eigenvalue weighted by Crippen LogP contribution is -2.38. The molecule has 0 bridgehead atoms. The molecule has 0 saturated carbocycles. The van der Waals surface area contributed by atoms with E-state index in [1.807, 2.05) is 25.1 Å². The summed E-state index contributed by atoms with van der Waals surface area (Å²) in [6, 6.07) is 5.70. The van der Waals surface area contributed by atoms with Gasteiger partial charge in [0, 0.05) is 10.1 Å². The summed E-state index contributed by atoms with van der Waals surface area (Å²) in [6.45, 7) is 3.55. The van der Waals surface area contributed by atoms with Crippen molar-refractivity contribution in [3.05, 3.63) is 26.8 Å². The van der Waals surface area contributed by atoms with Crippen LogP contribution >= 0.6 is 34.2 Å². The molecule has 1 saturated heterocycles. The van der Waals surface area contributed by atoms with Crippen LogP contribution in [0.4, 0.5) is 5.69 Å². The summed E-state index contributed by atoms with van der Waals surface area (Å²) < 4.78 is 1.08. The number of nitrogens with one attached hydrogen (secondary N) is 1. The molecule has 0 aliphatic carbocycles. The molecule has 1 aliphatic rings. The summed E-state index contributed by atoms with van der Waals surface area (Å²) in [5.74, 6) is 0.120. The van der Waals surface area contributed by atoms with Gasteiger partial charge in [0.1, 0.15) is 0 Å². The van der Waals surface area contributed by atoms with Gasteiger partial charge in [-0.1, -0.05) is 18.5 Å². The molecule has 1 amide bonds. The summed E-state index contributed by atoms with van der Waals surface area (Å²) in [5.41, 5.74) is 0.817. The van der Waals surface area contributed by atoms with Crippen LogP contribution in [0.25, 0.3) is 0 Å². The highest BCUT2D eigenvalue weighted by molar-refractivity contribution is 14.1. The number of halogens is 2. The second-order valence-corrected chi connectivity index (χ2v) is 5.64. The molecular weight excluding hydrogens is 351 g/mol. The summed E-state index contributed by atoms with van der Waals surface area (Å²) in [7, 11) is 0. The topological polar surface area (TPSA) is 32.3 Å². The van der Waals surface area contributed by atoms with Crippen LogP contribution in [0, 0.1) is 3.57 Å². The standard InChI is InChI=1S/C12H14ClIN2O/c1-2-15-10-5-6-16(12(10)17)11-4-3-8(14)7-9(11)13/h3-4,7,10,15H,2,5-6H2,1H3. The number of benzene rings is 1. The molecule has 1 aromatic carbocycles. The van der Waals surface area contributed by atoms with E-state index in [0.717, 1.165) is 28.8 Å². The van der Waals surface area contributed by atoms with Crippen LogP contribution in [0.3, 0.4) is 0 Å². The summed E-state index contributed by atoms with van der Waals surface area (Å²) in [4.78, 5) is 13.9. The van der Waals surface area contributed by atoms with E-state index in [1.165, 1.54) is 0 Å². The van der Waals surface area contributed by atoms with Gasteiger partial charge in [0.25, 0.3) is 0 Å². The average Bonchev–Trinajstić information content (AvgIpc) is 2.62. The minimum atomic E-state index is -0.0599. The molecule has 2 rings (SSSR count). The lowest BCUT2D eigenvalue weighted by molar-refractivity contribution is -0.118. The number of likely N-dealkylation sites (N-methyl/N-ethyl adjacent to an activating group) is 1. The van der Waals surface area contributed by atoms with Gasteiger partial charge in [-0.15, -0.1) is 0 Å². The number of rotatable bonds is 3. The van der Waals surface area contributed by atoms with Crippen molar-refractivity contribution in [1.82, 2.24) is 5.32 Å². The van der Waals surface area contributed by atoms with Gasteiger partial charge < -0.3 is 10.2 Å². The molecule has 17 heavy (non-hydrogen) atoms. The van der Waals surface area contributed by atoms with Crippen molar-refractivity contribution < 1.29 is 4.79 Å². The lowest BCUT2D eigenvalue weighted by atomic mass is 10.2. The molecule has 0 aromatic heterocycles. The van der Waals surface area contributed by atoms with Crippen LogP contribution in [-0.4, -0.2) is 25.0 Å². The van der Waals surface area contributed by atoms with Gasteiger partial charge in [0.15, 0.2) is 0 Å². The normalized spacial score (nSPS) is 20.1. The van der Waals surface area contributed by atoms with E-state index in [0.29, 0.717) is 5.02 Å². The zero-order valence-electron chi connectivity index (χ0n) is 9.54. The Balaban J connectivity index is 2.21. The third kappa shape index (κ3) is 2.74. The second-order valence-electron chi connectivity index (χ2n) is 3.98. The Morgan fingerprint density at radius 2 is 2.35 bits per heavy atom. The van der Waals surface area contributed by atoms with Crippen LogP contribution in [0.1, 0.15) is 13.3 Å². The fourth-order valence-corrected chi connectivity index (χ4v) is 3.01. The maximum Gasteiger partial charge on any atom is 0.244 e. The van der Waals surface area contributed by atoms with Crippen LogP contribution in [-0.2, 0) is 4.79 Å². The number of amides is 1. The molecule has 3 nitrogen and oxygen atoms in total. The van der Waals surface area contributed by atoms with E-state index in [2.05, 4.69) is 27.9 Å². The zero-order chi connectivity index (χ0) is 12.4. The van der Waals surface area contributed by atoms with Gasteiger partial charge in [0.05, 0.1) is 16.8 Å². The molecular formula is C12H14ClIN2O. The smallest absolute Gasteiger partial charge is 0.244 e. The van der Waals surface area contributed by atoms with Crippen molar-refractivity contribution in [2.24, 2.45) is 0 Å². The SMILES string of the molecule is CCNC1CCN(c2ccc(I)cc2Cl)C1=O. The molecule has 1 atom stereocenters. The van der Waals surface area contributed by atoms with Crippen LogP contribution in [0.15, 0.2) is 18.2 Å². The average molecular weight is 365 g/mol. The lowest BCUT2D eigenvalue weighted by Gasteiger charge is -2.18. The largest absolute Gasteiger partial charge is 0.310 e. The van der Waals surface area contributed by atoms with Crippen molar-refractivity contribution in [2.45, 2.75) is 19.4 Å². The molecule has 1 aliphatic heterocycles. The van der Waals surface area contributed by atoms with E-state index >= 15 is 0 Å². The molecule has 0 spiro atoms. The monoisotopic (exact) mass is 364 g/mol. The number of carbonyl (C=O) groups is 1. The third-order valence-electron chi connectivity index (χ3n) is 2.86. The van der Waals surface area contributed by atoms with E-state index in [1.54, 1.807) is 4.90 Å². The van der Waals surface area contributed by atoms with Crippen molar-refractivity contribution in [3.63, 3.8) is 0 Å². The fourth-order valence-electron chi connectivity index (χ4n) is 2.06. The predicted octanol–water partition coefficient (Wildman–Crippen LogP) is 2.66. The summed E-state index contributed by atoms with van der Waals surface area (Å²) >= 11 is 8.39. The second kappa shape index (κ2) is 5.54. The molecule has 0 radical (unpaired) electrons. The summed E-state index contributed by atoms with van der Waals surface area (Å²) in [6.07, 6.45) is 0.842. The Morgan fingerprint density at radius 3 is 3.00 bits per heavy atom. The molecule has 5 heteroatoms. The minimum absolute atomic E-state index is 0.0599. The molecule has 1 heterocycles. The number of anilines is 1. The highest BCUT2D eigenvalue weighted by atomic mass is 127. The van der Waals surface area contributed by atoms with E-state index < -0.39 is 0 Å². The molecule has 92 valence electrons. The molecule has 1 aromatic rings. The first kappa shape index (κ1) is 13.1. The fraction of sp³-hybridized carbons (Fsp3) is 0.417. The Bertz CT molecular complexity index is 439. The van der Waals surface area contributed by atoms with Gasteiger partial charge in [0.2, 0.25) is 5.91 Å². The zero-order valence-corrected chi connectivity index (χ0v) is 12.5. The highest BCUT2D eigenvalue weighted by Gasteiger charge is 2.32. The maximum absolute atomic E-state index is 12.1. The first-order chi connectivity index (χ1) is 8.13. The van der Waals surface area contributed by atoms with Crippen LogP contribution in [0.2, 0.25) is 5.02 Å². The number of hydrogen-bond donors (Lipinski definition) is 1. The van der Waals surface area contributed by atoms with Gasteiger partial charge in [-0.3, -0.25) is 4.79 Å². The van der Waals surface area contributed by atoms with Crippen molar-refractivity contribution in [2.75, 3.05) is 18.0 Å². The Labute approximate surface area is 120 Å². The minimum Gasteiger partial charge on any atom is -0.310 e. The van der Waals surface area contributed by atoms with E-state index in [4.69, 9.17) is 11.6 Å². The van der Waals surface area contributed by atoms with Gasteiger partial charge in [-0.05, 0) is 53.8 Å². The van der Waals surface area contributed by atoms with Crippen molar-refractivity contribution in [3.8, 4) is 0 Å². The van der Waals surface area contributed by atoms with E-state index in [-0.39, 0.29) is 11.9 Å². The number of carbonyl (C=O) groups excluding carboxylic acids is 1. The van der Waals surface area contributed by atoms with E-state index in [9.17, 15) is 4.79 Å². The van der Waals surface area contributed by atoms with Gasteiger partial charge >= 0.3 is 0 Å². The van der Waals surface area contributed by atoms with Gasteiger partial charge in [-0.25, -0.2) is 0 Å². The van der Waals surface area contributed by atoms with Crippen molar-refractivity contribution >= 4 is 45.8 Å².